The predicted molar refractivity (Wildman–Crippen MR) is 119 cm³/mol. The van der Waals surface area contributed by atoms with E-state index in [1.165, 1.54) is 24.8 Å². The Morgan fingerprint density at radius 2 is 1.79 bits per heavy atom. The maximum absolute atomic E-state index is 12.8. The minimum absolute atomic E-state index is 0.0675. The minimum atomic E-state index is -0.0675. The van der Waals surface area contributed by atoms with E-state index >= 15 is 0 Å². The number of carbonyl (C=O) groups excluding carboxylic acids is 1. The van der Waals surface area contributed by atoms with E-state index < -0.39 is 0 Å². The third kappa shape index (κ3) is 6.62. The molecule has 1 aliphatic carbocycles. The normalized spacial score (nSPS) is 14.4. The molecular formula is C26H35NO2. The third-order valence-corrected chi connectivity index (χ3v) is 5.88. The number of amides is 1. The van der Waals surface area contributed by atoms with Crippen LogP contribution in [0.25, 0.3) is 0 Å². The van der Waals surface area contributed by atoms with E-state index in [1.807, 2.05) is 24.1 Å². The zero-order valence-corrected chi connectivity index (χ0v) is 18.0. The van der Waals surface area contributed by atoms with E-state index in [9.17, 15) is 4.79 Å². The van der Waals surface area contributed by atoms with Crippen LogP contribution >= 0.6 is 0 Å². The third-order valence-electron chi connectivity index (χ3n) is 5.88. The van der Waals surface area contributed by atoms with Crippen LogP contribution in [-0.4, -0.2) is 30.5 Å². The van der Waals surface area contributed by atoms with Crippen LogP contribution in [0.3, 0.4) is 0 Å². The number of hydrogen-bond acceptors (Lipinski definition) is 2. The Bertz CT molecular complexity index is 754. The first-order chi connectivity index (χ1) is 14.2. The maximum atomic E-state index is 12.8. The molecule has 3 rings (SSSR count). The largest absolute Gasteiger partial charge is 0.494 e. The van der Waals surface area contributed by atoms with Crippen LogP contribution in [0.1, 0.15) is 68.9 Å². The molecule has 0 aliphatic heterocycles. The summed E-state index contributed by atoms with van der Waals surface area (Å²) in [5, 5.41) is 0. The van der Waals surface area contributed by atoms with Crippen LogP contribution in [-0.2, 0) is 11.2 Å². The Morgan fingerprint density at radius 1 is 1.03 bits per heavy atom. The van der Waals surface area contributed by atoms with E-state index in [-0.39, 0.29) is 11.8 Å². The molecule has 2 aromatic carbocycles. The molecular weight excluding hydrogens is 358 g/mol. The van der Waals surface area contributed by atoms with Gasteiger partial charge < -0.3 is 9.64 Å². The van der Waals surface area contributed by atoms with Crippen molar-refractivity contribution in [2.24, 2.45) is 0 Å². The summed E-state index contributed by atoms with van der Waals surface area (Å²) < 4.78 is 5.98. The smallest absolute Gasteiger partial charge is 0.230 e. The Labute approximate surface area is 176 Å². The summed E-state index contributed by atoms with van der Waals surface area (Å²) in [6.45, 7) is 2.83. The van der Waals surface area contributed by atoms with Gasteiger partial charge in [0.1, 0.15) is 5.75 Å². The number of benzene rings is 2. The molecule has 3 heteroatoms. The monoisotopic (exact) mass is 393 g/mol. The fourth-order valence-electron chi connectivity index (χ4n) is 3.88. The first-order valence-corrected chi connectivity index (χ1v) is 11.2. The second kappa shape index (κ2) is 11.0. The van der Waals surface area contributed by atoms with Gasteiger partial charge in [-0.1, -0.05) is 62.2 Å². The average Bonchev–Trinajstić information content (AvgIpc) is 3.59. The van der Waals surface area contributed by atoms with Crippen LogP contribution in [0.4, 0.5) is 0 Å². The fourth-order valence-corrected chi connectivity index (χ4v) is 3.88. The molecule has 1 aliphatic rings. The van der Waals surface area contributed by atoms with Crippen molar-refractivity contribution in [3.8, 4) is 5.75 Å². The second-order valence-corrected chi connectivity index (χ2v) is 8.21. The van der Waals surface area contributed by atoms with Crippen molar-refractivity contribution in [3.63, 3.8) is 0 Å². The highest BCUT2D eigenvalue weighted by Gasteiger charge is 2.33. The van der Waals surface area contributed by atoms with Crippen molar-refractivity contribution in [3.05, 3.63) is 65.7 Å². The molecule has 3 nitrogen and oxygen atoms in total. The first kappa shape index (κ1) is 21.4. The maximum Gasteiger partial charge on any atom is 0.230 e. The number of hydrogen-bond donors (Lipinski definition) is 0. The van der Waals surface area contributed by atoms with E-state index in [4.69, 9.17) is 4.74 Å². The van der Waals surface area contributed by atoms with Gasteiger partial charge in [0.15, 0.2) is 0 Å². The highest BCUT2D eigenvalue weighted by molar-refractivity contribution is 5.84. The quantitative estimate of drug-likeness (QED) is 0.415. The fraction of sp³-hybridized carbons (Fsp3) is 0.500. The summed E-state index contributed by atoms with van der Waals surface area (Å²) in [6, 6.07) is 19.3. The molecule has 0 N–H and O–H groups in total. The summed E-state index contributed by atoms with van der Waals surface area (Å²) >= 11 is 0. The van der Waals surface area contributed by atoms with Crippen molar-refractivity contribution < 1.29 is 9.53 Å². The lowest BCUT2D eigenvalue weighted by atomic mass is 9.95. The average molecular weight is 394 g/mol. The molecule has 1 fully saturated rings. The van der Waals surface area contributed by atoms with Crippen LogP contribution in [0.2, 0.25) is 0 Å². The molecule has 1 amide bonds. The molecule has 1 atom stereocenters. The molecule has 0 saturated heterocycles. The molecule has 0 radical (unpaired) electrons. The zero-order chi connectivity index (χ0) is 20.5. The topological polar surface area (TPSA) is 29.5 Å². The van der Waals surface area contributed by atoms with Crippen molar-refractivity contribution in [2.75, 3.05) is 13.7 Å². The van der Waals surface area contributed by atoms with Crippen molar-refractivity contribution in [2.45, 2.75) is 70.3 Å². The van der Waals surface area contributed by atoms with Crippen LogP contribution in [0, 0.1) is 0 Å². The molecule has 1 saturated carbocycles. The number of likely N-dealkylation sites (N-methyl/N-ethyl adjacent to an activating group) is 1. The lowest BCUT2D eigenvalue weighted by molar-refractivity contribution is -0.132. The van der Waals surface area contributed by atoms with Crippen LogP contribution < -0.4 is 4.74 Å². The molecule has 0 aromatic heterocycles. The number of rotatable bonds is 12. The van der Waals surface area contributed by atoms with Gasteiger partial charge in [-0.2, -0.15) is 0 Å². The van der Waals surface area contributed by atoms with E-state index in [0.717, 1.165) is 50.0 Å². The van der Waals surface area contributed by atoms with Gasteiger partial charge in [0.2, 0.25) is 5.91 Å². The van der Waals surface area contributed by atoms with Gasteiger partial charge in [0, 0.05) is 13.1 Å². The highest BCUT2D eigenvalue weighted by atomic mass is 16.5. The highest BCUT2D eigenvalue weighted by Crippen LogP contribution is 2.31. The van der Waals surface area contributed by atoms with Gasteiger partial charge >= 0.3 is 0 Å². The van der Waals surface area contributed by atoms with Gasteiger partial charge in [0.05, 0.1) is 12.5 Å². The summed E-state index contributed by atoms with van der Waals surface area (Å²) in [4.78, 5) is 14.8. The van der Waals surface area contributed by atoms with Gasteiger partial charge in [-0.15, -0.1) is 0 Å². The summed E-state index contributed by atoms with van der Waals surface area (Å²) in [5.41, 5.74) is 2.50. The van der Waals surface area contributed by atoms with E-state index in [1.54, 1.807) is 0 Å². The molecule has 156 valence electrons. The molecule has 2 aromatic rings. The van der Waals surface area contributed by atoms with Crippen LogP contribution in [0.5, 0.6) is 5.75 Å². The van der Waals surface area contributed by atoms with Crippen molar-refractivity contribution in [1.82, 2.24) is 4.90 Å². The molecule has 0 heterocycles. The van der Waals surface area contributed by atoms with Gasteiger partial charge in [-0.25, -0.2) is 0 Å². The van der Waals surface area contributed by atoms with Crippen molar-refractivity contribution in [1.29, 1.82) is 0 Å². The SMILES string of the molecule is CCC(C(=O)N(C)C1CC1)c1cccc(OCCCCCCc2ccccc2)c1. The zero-order valence-electron chi connectivity index (χ0n) is 18.0. The Morgan fingerprint density at radius 3 is 2.52 bits per heavy atom. The van der Waals surface area contributed by atoms with Gasteiger partial charge in [0.25, 0.3) is 0 Å². The molecule has 29 heavy (non-hydrogen) atoms. The number of aryl methyl sites for hydroxylation is 1. The Balaban J connectivity index is 1.39. The predicted octanol–water partition coefficient (Wildman–Crippen LogP) is 5.98. The van der Waals surface area contributed by atoms with E-state index in [0.29, 0.717) is 6.04 Å². The van der Waals surface area contributed by atoms with Gasteiger partial charge in [-0.05, 0) is 61.8 Å². The Kier molecular flexibility index (Phi) is 8.15. The number of carbonyl (C=O) groups is 1. The minimum Gasteiger partial charge on any atom is -0.494 e. The van der Waals surface area contributed by atoms with Crippen molar-refractivity contribution >= 4 is 5.91 Å². The Hall–Kier alpha value is -2.29. The lowest BCUT2D eigenvalue weighted by Crippen LogP contribution is -2.33. The number of unbranched alkanes of at least 4 members (excludes halogenated alkanes) is 3. The van der Waals surface area contributed by atoms with Crippen LogP contribution in [0.15, 0.2) is 54.6 Å². The summed E-state index contributed by atoms with van der Waals surface area (Å²) in [6.07, 6.45) is 8.99. The van der Waals surface area contributed by atoms with E-state index in [2.05, 4.69) is 49.4 Å². The molecule has 0 spiro atoms. The number of ether oxygens (including phenoxy) is 1. The lowest BCUT2D eigenvalue weighted by Gasteiger charge is -2.23. The standard InChI is InChI=1S/C26H35NO2/c1-3-25(26(28)27(2)23-17-18-23)22-15-11-16-24(20-22)29-19-10-5-4-7-12-21-13-8-6-9-14-21/h6,8-9,11,13-16,20,23,25H,3-5,7,10,12,17-19H2,1-2H3. The van der Waals surface area contributed by atoms with Gasteiger partial charge in [-0.3, -0.25) is 4.79 Å². The summed E-state index contributed by atoms with van der Waals surface area (Å²) in [7, 11) is 1.95. The second-order valence-electron chi connectivity index (χ2n) is 8.21. The molecule has 1 unspecified atom stereocenters. The summed E-state index contributed by atoms with van der Waals surface area (Å²) in [5.74, 6) is 1.06. The molecule has 0 bridgehead atoms. The number of nitrogens with zero attached hydrogens (tertiary/aromatic N) is 1. The first-order valence-electron chi connectivity index (χ1n) is 11.2.